The van der Waals surface area contributed by atoms with Gasteiger partial charge in [0, 0.05) is 12.5 Å². The van der Waals surface area contributed by atoms with Gasteiger partial charge >= 0.3 is 6.11 Å². The van der Waals surface area contributed by atoms with Crippen LogP contribution in [0.3, 0.4) is 0 Å². The van der Waals surface area contributed by atoms with Crippen LogP contribution in [0.5, 0.6) is 0 Å². The number of hydrogen-bond acceptors (Lipinski definition) is 2. The van der Waals surface area contributed by atoms with Crippen LogP contribution in [0.1, 0.15) is 78.6 Å². The fourth-order valence-corrected chi connectivity index (χ4v) is 3.59. The van der Waals surface area contributed by atoms with Gasteiger partial charge in [0.25, 0.3) is 0 Å². The Hall–Kier alpha value is -1.44. The smallest absolute Gasteiger partial charge is 0.400 e. The molecule has 142 valence electrons. The van der Waals surface area contributed by atoms with E-state index >= 15 is 0 Å². The second kappa shape index (κ2) is 9.89. The van der Waals surface area contributed by atoms with E-state index in [1.54, 1.807) is 6.07 Å². The topological polar surface area (TPSA) is 33.0 Å². The summed E-state index contributed by atoms with van der Waals surface area (Å²) in [5, 5.41) is 8.72. The van der Waals surface area contributed by atoms with Crippen LogP contribution in [0.25, 0.3) is 0 Å². The standard InChI is InChI=1S/C19H26F3NO.CH4/c1-2-3-4-5-14-6-9-16(10-7-14)19(21,22)24-17-11-8-15(13-23)18(20)12-17;/h12,14,16H,2-11H2,1H3;1H4. The number of hydrogen-bond donors (Lipinski definition) is 0. The molecule has 0 bridgehead atoms. The first-order valence-electron chi connectivity index (χ1n) is 9.02. The minimum absolute atomic E-state index is 0. The molecule has 0 heterocycles. The van der Waals surface area contributed by atoms with Gasteiger partial charge in [-0.2, -0.15) is 14.0 Å². The monoisotopic (exact) mass is 357 g/mol. The maximum atomic E-state index is 14.4. The molecular weight excluding hydrogens is 327 g/mol. The highest BCUT2D eigenvalue weighted by atomic mass is 19.3. The van der Waals surface area contributed by atoms with Crippen molar-refractivity contribution in [3.8, 4) is 6.07 Å². The van der Waals surface area contributed by atoms with Crippen molar-refractivity contribution in [2.45, 2.75) is 84.7 Å². The molecule has 2 aliphatic rings. The van der Waals surface area contributed by atoms with Gasteiger partial charge in [-0.3, -0.25) is 0 Å². The Balaban J connectivity index is 0.00000312. The van der Waals surface area contributed by atoms with E-state index in [1.165, 1.54) is 19.3 Å². The van der Waals surface area contributed by atoms with E-state index in [0.717, 1.165) is 25.3 Å². The summed E-state index contributed by atoms with van der Waals surface area (Å²) < 4.78 is 47.2. The molecule has 0 atom stereocenters. The van der Waals surface area contributed by atoms with Crippen LogP contribution in [-0.4, -0.2) is 6.11 Å². The van der Waals surface area contributed by atoms with Gasteiger partial charge in [-0.1, -0.05) is 40.0 Å². The fourth-order valence-electron chi connectivity index (χ4n) is 3.59. The Kier molecular flexibility index (Phi) is 8.55. The van der Waals surface area contributed by atoms with E-state index in [-0.39, 0.29) is 31.6 Å². The highest BCUT2D eigenvalue weighted by Crippen LogP contribution is 2.42. The normalized spacial score (nSPS) is 24.2. The van der Waals surface area contributed by atoms with Crippen LogP contribution in [0, 0.1) is 23.2 Å². The van der Waals surface area contributed by atoms with Gasteiger partial charge in [-0.25, -0.2) is 4.39 Å². The van der Waals surface area contributed by atoms with Crippen LogP contribution in [-0.2, 0) is 4.74 Å². The second-order valence-electron chi connectivity index (χ2n) is 6.93. The number of unbranched alkanes of at least 4 members (excludes halogenated alkanes) is 2. The Labute approximate surface area is 149 Å². The number of alkyl halides is 2. The maximum Gasteiger partial charge on any atom is 0.400 e. The van der Waals surface area contributed by atoms with Gasteiger partial charge in [0.05, 0.1) is 17.6 Å². The predicted molar refractivity (Wildman–Crippen MR) is 93.4 cm³/mol. The molecule has 2 aliphatic carbocycles. The highest BCUT2D eigenvalue weighted by molar-refractivity contribution is 5.35. The zero-order valence-corrected chi connectivity index (χ0v) is 14.3. The zero-order valence-electron chi connectivity index (χ0n) is 14.3. The molecule has 0 spiro atoms. The summed E-state index contributed by atoms with van der Waals surface area (Å²) in [5.74, 6) is -1.06. The first kappa shape index (κ1) is 21.6. The van der Waals surface area contributed by atoms with Gasteiger partial charge in [0.1, 0.15) is 11.6 Å². The molecule has 1 saturated carbocycles. The number of nitriles is 1. The molecule has 2 rings (SSSR count). The van der Waals surface area contributed by atoms with Gasteiger partial charge < -0.3 is 4.74 Å². The summed E-state index contributed by atoms with van der Waals surface area (Å²) in [7, 11) is 0. The summed E-state index contributed by atoms with van der Waals surface area (Å²) >= 11 is 0. The van der Waals surface area contributed by atoms with Crippen molar-refractivity contribution in [3.63, 3.8) is 0 Å². The van der Waals surface area contributed by atoms with Crippen LogP contribution in [0.2, 0.25) is 0 Å². The molecule has 0 aliphatic heterocycles. The molecule has 0 saturated heterocycles. The van der Waals surface area contributed by atoms with Crippen molar-refractivity contribution in [2.24, 2.45) is 11.8 Å². The molecule has 0 unspecified atom stereocenters. The van der Waals surface area contributed by atoms with Gasteiger partial charge in [0.2, 0.25) is 0 Å². The molecular formula is C20H30F3NO. The lowest BCUT2D eigenvalue weighted by atomic mass is 9.79. The molecule has 2 nitrogen and oxygen atoms in total. The van der Waals surface area contributed by atoms with E-state index in [1.807, 2.05) is 0 Å². The average Bonchev–Trinajstić information content (AvgIpc) is 2.55. The van der Waals surface area contributed by atoms with E-state index in [2.05, 4.69) is 6.92 Å². The SMILES string of the molecule is C.CCCCCC1CCC(C(F)(F)OC2=CC(F)=C(C#N)CC2)CC1. The van der Waals surface area contributed by atoms with Crippen molar-refractivity contribution < 1.29 is 17.9 Å². The van der Waals surface area contributed by atoms with Crippen molar-refractivity contribution in [1.29, 1.82) is 5.26 Å². The largest absolute Gasteiger partial charge is 0.437 e. The quantitative estimate of drug-likeness (QED) is 0.458. The Morgan fingerprint density at radius 3 is 2.44 bits per heavy atom. The van der Waals surface area contributed by atoms with Crippen LogP contribution in [0.15, 0.2) is 23.2 Å². The van der Waals surface area contributed by atoms with Crippen molar-refractivity contribution in [3.05, 3.63) is 23.2 Å². The summed E-state index contributed by atoms with van der Waals surface area (Å²) in [6, 6.07) is 1.74. The molecule has 0 aromatic rings. The van der Waals surface area contributed by atoms with Gasteiger partial charge in [0.15, 0.2) is 0 Å². The molecule has 0 N–H and O–H groups in total. The summed E-state index contributed by atoms with van der Waals surface area (Å²) in [6.07, 6.45) is 5.19. The van der Waals surface area contributed by atoms with Crippen molar-refractivity contribution in [1.82, 2.24) is 0 Å². The molecule has 0 radical (unpaired) electrons. The van der Waals surface area contributed by atoms with Gasteiger partial charge in [-0.05, 0) is 38.0 Å². The second-order valence-corrected chi connectivity index (χ2v) is 6.93. The Morgan fingerprint density at radius 1 is 1.20 bits per heavy atom. The average molecular weight is 357 g/mol. The third-order valence-electron chi connectivity index (χ3n) is 5.14. The molecule has 1 fully saturated rings. The number of rotatable bonds is 7. The number of ether oxygens (including phenoxy) is 1. The van der Waals surface area contributed by atoms with Crippen LogP contribution < -0.4 is 0 Å². The lowest BCUT2D eigenvalue weighted by Crippen LogP contribution is -2.34. The Morgan fingerprint density at radius 2 is 1.88 bits per heavy atom. The number of allylic oxidation sites excluding steroid dienone is 4. The first-order chi connectivity index (χ1) is 11.5. The molecule has 0 aromatic heterocycles. The Bertz CT molecular complexity index is 526. The van der Waals surface area contributed by atoms with Crippen LogP contribution >= 0.6 is 0 Å². The first-order valence-corrected chi connectivity index (χ1v) is 9.02. The molecule has 0 amide bonds. The summed E-state index contributed by atoms with van der Waals surface area (Å²) in [5.41, 5.74) is -0.00162. The lowest BCUT2D eigenvalue weighted by molar-refractivity contribution is -0.257. The molecule has 0 aromatic carbocycles. The van der Waals surface area contributed by atoms with E-state index in [4.69, 9.17) is 10.00 Å². The maximum absolute atomic E-state index is 14.4. The minimum Gasteiger partial charge on any atom is -0.437 e. The summed E-state index contributed by atoms with van der Waals surface area (Å²) in [4.78, 5) is 0. The zero-order chi connectivity index (χ0) is 17.6. The van der Waals surface area contributed by atoms with Crippen LogP contribution in [0.4, 0.5) is 13.2 Å². The third-order valence-corrected chi connectivity index (χ3v) is 5.14. The van der Waals surface area contributed by atoms with Gasteiger partial charge in [-0.15, -0.1) is 0 Å². The number of halogens is 3. The van der Waals surface area contributed by atoms with E-state index in [9.17, 15) is 13.2 Å². The lowest BCUT2D eigenvalue weighted by Gasteiger charge is -2.34. The van der Waals surface area contributed by atoms with E-state index < -0.39 is 17.9 Å². The van der Waals surface area contributed by atoms with Crippen molar-refractivity contribution >= 4 is 0 Å². The predicted octanol–water partition coefficient (Wildman–Crippen LogP) is 7.04. The highest BCUT2D eigenvalue weighted by Gasteiger charge is 2.44. The van der Waals surface area contributed by atoms with E-state index in [0.29, 0.717) is 18.8 Å². The summed E-state index contributed by atoms with van der Waals surface area (Å²) in [6.45, 7) is 2.16. The molecule has 5 heteroatoms. The molecule has 25 heavy (non-hydrogen) atoms. The van der Waals surface area contributed by atoms with Crippen molar-refractivity contribution in [2.75, 3.05) is 0 Å². The third kappa shape index (κ3) is 6.09. The number of nitrogens with zero attached hydrogens (tertiary/aromatic N) is 1. The fraction of sp³-hybridized carbons (Fsp3) is 0.750. The minimum atomic E-state index is -3.26.